The minimum atomic E-state index is 0.965. The molecule has 332 valence electrons. The highest BCUT2D eigenvalue weighted by Gasteiger charge is 2.04. The third-order valence-electron chi connectivity index (χ3n) is 13.3. The fourth-order valence-electron chi connectivity index (χ4n) is 9.49. The van der Waals surface area contributed by atoms with Crippen molar-refractivity contribution in [2.75, 3.05) is 0 Å². The fourth-order valence-corrected chi connectivity index (χ4v) is 9.49. The second-order valence-electron chi connectivity index (χ2n) is 18.1. The monoisotopic (exact) mass is 908 g/mol. The predicted octanol–water partition coefficient (Wildman–Crippen LogP) is 18.9. The zero-order valence-electron chi connectivity index (χ0n) is 39.4. The minimum absolute atomic E-state index is 0.965. The molecule has 18 aromatic carbocycles. The largest absolute Gasteiger partial charge is 0.0622 e. The van der Waals surface area contributed by atoms with Gasteiger partial charge in [0.1, 0.15) is 0 Å². The van der Waals surface area contributed by atoms with Crippen LogP contribution in [-0.2, 0) is 0 Å². The van der Waals surface area contributed by atoms with E-state index in [-0.39, 0.29) is 0 Å². The maximum atomic E-state index is 3.61. The molecule has 18 aromatic rings. The summed E-state index contributed by atoms with van der Waals surface area (Å²) in [5.41, 5.74) is 1.96. The van der Waals surface area contributed by atoms with Crippen molar-refractivity contribution in [1.82, 2.24) is 0 Å². The standard InChI is InChI=1S/C72H44/c1-2-10-51(11-3-1)28-45-72-70-22-9-23-71(72)63-43-39-59(40-44-63)67-19-7-15-55(49-67)27-25-53-13-5-17-65(47-53)57-31-35-61(36-32-57)69-21-8-20-68(50-69)60-33-29-56(30-34-60)64-16-4-12-52(46-64)24-26-54-14-6-18-66(48-54)58-37-41-62(70)42-38-58/h1-23,29-44,46-50H. The maximum Gasteiger partial charge on any atom is 0.0405 e. The van der Waals surface area contributed by atoms with Gasteiger partial charge < -0.3 is 0 Å². The predicted molar refractivity (Wildman–Crippen MR) is 309 cm³/mol. The summed E-state index contributed by atoms with van der Waals surface area (Å²) in [6.07, 6.45) is 0. The van der Waals surface area contributed by atoms with E-state index in [1.54, 1.807) is 0 Å². The van der Waals surface area contributed by atoms with Gasteiger partial charge in [-0.3, -0.25) is 0 Å². The van der Waals surface area contributed by atoms with E-state index >= 15 is 0 Å². The topological polar surface area (TPSA) is 0 Å². The summed E-state index contributed by atoms with van der Waals surface area (Å²) < 4.78 is 0. The van der Waals surface area contributed by atoms with Gasteiger partial charge in [-0.05, 0) is 153 Å². The summed E-state index contributed by atoms with van der Waals surface area (Å²) in [6, 6.07) is 109. The molecule has 0 aliphatic heterocycles. The third kappa shape index (κ3) is 9.44. The second kappa shape index (κ2) is 19.6. The van der Waals surface area contributed by atoms with Crippen molar-refractivity contribution in [3.63, 3.8) is 0 Å². The van der Waals surface area contributed by atoms with Crippen LogP contribution in [-0.4, -0.2) is 0 Å². The fraction of sp³-hybridized carbons (Fsp3) is 0. The molecule has 0 nitrogen and oxygen atoms in total. The lowest BCUT2D eigenvalue weighted by molar-refractivity contribution is 1.65. The van der Waals surface area contributed by atoms with Crippen LogP contribution in [0.25, 0.3) is 108 Å². The first kappa shape index (κ1) is 43.4. The SMILES string of the molecule is C(#Cc1c2cccc1c1ccc(cc1)c1cccc(c#cc3cccc(c3)c3ccc(cc3)c3cccc(c3)c3ccc(cc3)c3cccc(c#cc4cccc(c4)c4ccc2cc4)c3)c1)c1ccccc1. The lowest BCUT2D eigenvalue weighted by Gasteiger charge is -2.04. The van der Waals surface area contributed by atoms with Crippen molar-refractivity contribution in [2.24, 2.45) is 0 Å². The molecule has 0 aliphatic carbocycles. The van der Waals surface area contributed by atoms with Gasteiger partial charge in [-0.15, -0.1) is 0 Å². The van der Waals surface area contributed by atoms with Gasteiger partial charge in [0.05, 0.1) is 0 Å². The molecule has 0 saturated heterocycles. The van der Waals surface area contributed by atoms with Gasteiger partial charge >= 0.3 is 0 Å². The molecule has 72 heavy (non-hydrogen) atoms. The summed E-state index contributed by atoms with van der Waals surface area (Å²) in [5.74, 6) is 7.09. The molecule has 0 radical (unpaired) electrons. The summed E-state index contributed by atoms with van der Waals surface area (Å²) in [7, 11) is 0. The Hall–Kier alpha value is -9.90. The lowest BCUT2D eigenvalue weighted by atomic mass is 9.99. The van der Waals surface area contributed by atoms with E-state index < -0.39 is 0 Å². The van der Waals surface area contributed by atoms with Crippen LogP contribution in [0.15, 0.2) is 267 Å². The molecular weight excluding hydrogens is 865 g/mol. The molecule has 0 aromatic heterocycles. The van der Waals surface area contributed by atoms with E-state index in [0.717, 1.165) is 97.3 Å². The molecule has 18 rings (SSSR count). The molecule has 0 spiro atoms. The van der Waals surface area contributed by atoms with Crippen LogP contribution in [0.5, 0.6) is 0 Å². The number of benzene rings is 11. The third-order valence-corrected chi connectivity index (χ3v) is 13.3. The van der Waals surface area contributed by atoms with Crippen LogP contribution in [0, 0.1) is 36.1 Å². The van der Waals surface area contributed by atoms with E-state index in [4.69, 9.17) is 0 Å². The summed E-state index contributed by atoms with van der Waals surface area (Å²) in [5, 5.41) is 22.0. The summed E-state index contributed by atoms with van der Waals surface area (Å²) >= 11 is 0. The lowest BCUT2D eigenvalue weighted by Crippen LogP contribution is -1.83. The Kier molecular flexibility index (Phi) is 11.8. The van der Waals surface area contributed by atoms with Crippen LogP contribution in [0.3, 0.4) is 0 Å². The Balaban J connectivity index is 1.04. The zero-order valence-corrected chi connectivity index (χ0v) is 39.4. The Morgan fingerprint density at radius 1 is 0.194 bits per heavy atom. The first-order valence-electron chi connectivity index (χ1n) is 24.3. The number of hydrogen-bond donors (Lipinski definition) is 0. The first-order valence-corrected chi connectivity index (χ1v) is 24.3. The van der Waals surface area contributed by atoms with Crippen LogP contribution in [0.1, 0.15) is 11.1 Å². The van der Waals surface area contributed by atoms with Crippen molar-refractivity contribution < 1.29 is 0 Å². The molecule has 0 unspecified atom stereocenters. The van der Waals surface area contributed by atoms with Crippen LogP contribution < -0.4 is 0 Å². The van der Waals surface area contributed by atoms with Crippen LogP contribution >= 0.6 is 0 Å². The smallest absolute Gasteiger partial charge is 0.0405 e. The zero-order chi connectivity index (χ0) is 48.1. The van der Waals surface area contributed by atoms with Crippen molar-refractivity contribution in [1.29, 1.82) is 0 Å². The highest BCUT2D eigenvalue weighted by Crippen LogP contribution is 2.28. The summed E-state index contributed by atoms with van der Waals surface area (Å²) in [6.45, 7) is 0. The molecule has 0 amide bonds. The average molecular weight is 909 g/mol. The van der Waals surface area contributed by atoms with Crippen molar-refractivity contribution in [2.45, 2.75) is 0 Å². The second-order valence-corrected chi connectivity index (χ2v) is 18.1. The average Bonchev–Trinajstić information content (AvgIpc) is 3.46. The Labute approximate surface area is 419 Å². The maximum absolute atomic E-state index is 3.61. The highest BCUT2D eigenvalue weighted by molar-refractivity contribution is 6.02. The molecule has 0 heteroatoms. The van der Waals surface area contributed by atoms with E-state index in [0.29, 0.717) is 0 Å². The highest BCUT2D eigenvalue weighted by atomic mass is 14.1. The van der Waals surface area contributed by atoms with Gasteiger partial charge in [-0.2, -0.15) is 0 Å². The molecule has 20 bridgehead atoms. The normalized spacial score (nSPS) is 10.7. The van der Waals surface area contributed by atoms with E-state index in [1.807, 2.05) is 18.2 Å². The van der Waals surface area contributed by atoms with E-state index in [1.165, 1.54) is 21.5 Å². The first-order chi connectivity index (χ1) is 35.6. The molecular formula is C72H44. The van der Waals surface area contributed by atoms with Crippen molar-refractivity contribution in [3.8, 4) is 11.8 Å². The van der Waals surface area contributed by atoms with Crippen LogP contribution in [0.2, 0.25) is 0 Å². The Bertz CT molecular complexity index is 4180. The Morgan fingerprint density at radius 3 is 0.806 bits per heavy atom. The van der Waals surface area contributed by atoms with Gasteiger partial charge in [-0.25, -0.2) is 0 Å². The van der Waals surface area contributed by atoms with E-state index in [9.17, 15) is 0 Å². The van der Waals surface area contributed by atoms with Crippen molar-refractivity contribution >= 4 is 108 Å². The molecule has 0 atom stereocenters. The van der Waals surface area contributed by atoms with E-state index in [2.05, 4.69) is 285 Å². The van der Waals surface area contributed by atoms with Gasteiger partial charge in [0.25, 0.3) is 0 Å². The van der Waals surface area contributed by atoms with Crippen LogP contribution in [0.4, 0.5) is 0 Å². The molecule has 0 N–H and O–H groups in total. The molecule has 0 heterocycles. The minimum Gasteiger partial charge on any atom is -0.0622 e. The molecule has 0 aliphatic rings. The van der Waals surface area contributed by atoms with Gasteiger partial charge in [0.15, 0.2) is 0 Å². The Morgan fingerprint density at radius 2 is 0.472 bits per heavy atom. The van der Waals surface area contributed by atoms with Gasteiger partial charge in [0.2, 0.25) is 0 Å². The summed E-state index contributed by atoms with van der Waals surface area (Å²) in [4.78, 5) is 0. The van der Waals surface area contributed by atoms with Gasteiger partial charge in [0, 0.05) is 32.7 Å². The van der Waals surface area contributed by atoms with Gasteiger partial charge in [-0.1, -0.05) is 236 Å². The van der Waals surface area contributed by atoms with Crippen molar-refractivity contribution in [3.05, 3.63) is 302 Å². The molecule has 0 saturated carbocycles. The number of hydrogen-bond acceptors (Lipinski definition) is 0. The molecule has 0 fully saturated rings. The number of rotatable bonds is 0. The quantitative estimate of drug-likeness (QED) is 0.133.